The zero-order chi connectivity index (χ0) is 58.8. The van der Waals surface area contributed by atoms with E-state index in [1.807, 2.05) is 18.2 Å². The highest BCUT2D eigenvalue weighted by molar-refractivity contribution is 6.31. The molecular weight excluding hydrogens is 1110 g/mol. The third-order valence-electron chi connectivity index (χ3n) is 15.7. The van der Waals surface area contributed by atoms with E-state index in [2.05, 4.69) is 0 Å². The van der Waals surface area contributed by atoms with Crippen LogP contribution in [0.1, 0.15) is 118 Å². The number of aryl methyl sites for hydroxylation is 2. The van der Waals surface area contributed by atoms with Gasteiger partial charge in [0.2, 0.25) is 16.6 Å². The van der Waals surface area contributed by atoms with Gasteiger partial charge in [-0.3, -0.25) is 28.8 Å². The highest BCUT2D eigenvalue weighted by Gasteiger charge is 2.53. The van der Waals surface area contributed by atoms with Crippen molar-refractivity contribution in [3.63, 3.8) is 0 Å². The maximum atomic E-state index is 14.6. The molecule has 21 heteroatoms. The minimum Gasteiger partial charge on any atom is -0.503 e. The van der Waals surface area contributed by atoms with Crippen LogP contribution in [0.15, 0.2) is 113 Å². The second-order valence-corrected chi connectivity index (χ2v) is 22.2. The average molecular weight is 1160 g/mol. The van der Waals surface area contributed by atoms with Gasteiger partial charge in [-0.15, -0.1) is 0 Å². The number of carbonyl (C=O) groups excluding carboxylic acids is 6. The number of carbonyl (C=O) groups is 6. The molecule has 1 N–H and O–H groups in total. The van der Waals surface area contributed by atoms with E-state index in [-0.39, 0.29) is 98.9 Å². The fourth-order valence-electron chi connectivity index (χ4n) is 11.7. The van der Waals surface area contributed by atoms with E-state index in [9.17, 15) is 52.2 Å². The van der Waals surface area contributed by atoms with Gasteiger partial charge in [0.25, 0.3) is 11.8 Å². The summed E-state index contributed by atoms with van der Waals surface area (Å²) in [4.78, 5) is 109. The number of hydrogen-bond acceptors (Lipinski definition) is 13. The number of rotatable bonds is 17. The first kappa shape index (κ1) is 58.8. The fraction of sp³-hybridized carbons (Fsp3) is 0.344. The molecule has 0 radical (unpaired) electrons. The van der Waals surface area contributed by atoms with Crippen LogP contribution in [-0.2, 0) is 44.7 Å². The van der Waals surface area contributed by atoms with Crippen molar-refractivity contribution in [3.05, 3.63) is 196 Å². The van der Waals surface area contributed by atoms with Crippen LogP contribution >= 0.6 is 23.2 Å². The van der Waals surface area contributed by atoms with E-state index in [0.717, 1.165) is 5.56 Å². The summed E-state index contributed by atoms with van der Waals surface area (Å²) >= 11 is 11.7. The van der Waals surface area contributed by atoms with E-state index in [0.29, 0.717) is 52.0 Å². The lowest BCUT2D eigenvalue weighted by Crippen LogP contribution is -2.60. The number of halogens is 4. The quantitative estimate of drug-likeness (QED) is 0.0669. The minimum atomic E-state index is -1.02. The first-order valence-electron chi connectivity index (χ1n) is 26.4. The minimum absolute atomic E-state index is 0.0185. The van der Waals surface area contributed by atoms with E-state index in [4.69, 9.17) is 42.1 Å². The Labute approximate surface area is 479 Å². The normalized spacial score (nSPS) is 19.6. The molecule has 2 amide bonds. The van der Waals surface area contributed by atoms with E-state index in [1.54, 1.807) is 61.7 Å². The highest BCUT2D eigenvalue weighted by Crippen LogP contribution is 2.49. The van der Waals surface area contributed by atoms with Crippen LogP contribution in [0.2, 0.25) is 10.0 Å². The first-order valence-corrected chi connectivity index (χ1v) is 27.2. The van der Waals surface area contributed by atoms with Crippen molar-refractivity contribution in [1.29, 1.82) is 0 Å². The van der Waals surface area contributed by atoms with Crippen molar-refractivity contribution in [2.24, 2.45) is 11.8 Å². The van der Waals surface area contributed by atoms with E-state index in [1.165, 1.54) is 70.7 Å². The Hall–Kier alpha value is -7.84. The molecule has 82 heavy (non-hydrogen) atoms. The zero-order valence-corrected chi connectivity index (χ0v) is 46.8. The van der Waals surface area contributed by atoms with Crippen LogP contribution < -0.4 is 15.6 Å². The zero-order valence-electron chi connectivity index (χ0n) is 45.3. The SMILES string of the molecule is COCC1CC2(C1)CN(C)C(=O)c1c(O)c(=O)c(C(=O)CCc3cccc(Cl)c3F)cn12.COCC1CC2(C1)CN(C)C(=O)c1c(OC(=O)c3cccc(C(=O)OCc4ccccc4)c3)c(=O)c(C(=O)CCc3cccc(Cl)c3F)cn12. The topological polar surface area (TPSA) is 210 Å². The first-order chi connectivity index (χ1) is 39.2. The maximum absolute atomic E-state index is 14.6. The monoisotopic (exact) mass is 1160 g/mol. The summed E-state index contributed by atoms with van der Waals surface area (Å²) in [7, 11) is 6.44. The molecule has 0 saturated heterocycles. The Morgan fingerprint density at radius 2 is 1.09 bits per heavy atom. The molecule has 2 fully saturated rings. The summed E-state index contributed by atoms with van der Waals surface area (Å²) in [5.41, 5.74) is -2.58. The number of hydrogen-bond donors (Lipinski definition) is 1. The Morgan fingerprint density at radius 1 is 0.622 bits per heavy atom. The van der Waals surface area contributed by atoms with Gasteiger partial charge in [-0.25, -0.2) is 18.4 Å². The summed E-state index contributed by atoms with van der Waals surface area (Å²) < 4.78 is 53.6. The number of amides is 2. The number of ether oxygens (including phenoxy) is 4. The summed E-state index contributed by atoms with van der Waals surface area (Å²) in [5.74, 6) is -6.04. The number of pyridine rings is 2. The second kappa shape index (κ2) is 24.3. The number of Topliss-reactive ketones (excluding diaryl/α,β-unsaturated/α-hetero) is 2. The molecule has 4 aromatic carbocycles. The number of benzene rings is 4. The van der Waals surface area contributed by atoms with Crippen LogP contribution in [0.5, 0.6) is 11.5 Å². The Kier molecular flexibility index (Phi) is 17.4. The number of methoxy groups -OCH3 is 2. The molecule has 0 atom stereocenters. The standard InChI is InChI=1S/C38H34ClFN2O8.C23H24ClFN2O5/c1-41-22-38(17-24(18-38)20-48-2)42-19-28(30(43)15-14-25-10-7-13-29(39)31(25)40)33(44)34(32(42)35(41)45)50-37(47)27-12-6-11-26(16-27)36(46)49-21-23-8-4-3-5-9-23;1-26-12-23(8-13(9-23)11-32-2)27-10-15(20(29)21(30)19(27)22(26)31)17(28)7-6-14-4-3-5-16(24)18(14)25/h3-13,16,19,24H,14-15,17-18,20-22H2,1-2H3;3-5,10,13,30H,6-9,11-12H2,1-2H3. The number of esters is 2. The number of aromatic hydroxyl groups is 1. The third-order valence-corrected chi connectivity index (χ3v) is 16.2. The molecule has 2 spiro atoms. The van der Waals surface area contributed by atoms with Gasteiger partial charge in [0, 0.05) is 79.9 Å². The second-order valence-electron chi connectivity index (χ2n) is 21.4. The van der Waals surface area contributed by atoms with Gasteiger partial charge in [0.15, 0.2) is 28.7 Å². The molecule has 6 aromatic rings. The van der Waals surface area contributed by atoms with E-state index < -0.39 is 80.4 Å². The molecule has 4 aliphatic rings. The Bertz CT molecular complexity index is 3650. The lowest BCUT2D eigenvalue weighted by atomic mass is 9.67. The van der Waals surface area contributed by atoms with Crippen LogP contribution in [-0.4, -0.2) is 114 Å². The molecule has 0 unspecified atom stereocenters. The Balaban J connectivity index is 0.000000218. The fourth-order valence-corrected chi connectivity index (χ4v) is 12.1. The maximum Gasteiger partial charge on any atom is 0.343 e. The smallest absolute Gasteiger partial charge is 0.343 e. The predicted molar refractivity (Wildman–Crippen MR) is 297 cm³/mol. The predicted octanol–water partition coefficient (Wildman–Crippen LogP) is 8.87. The van der Waals surface area contributed by atoms with Crippen LogP contribution in [0, 0.1) is 23.5 Å². The highest BCUT2D eigenvalue weighted by atomic mass is 35.5. The Morgan fingerprint density at radius 3 is 1.60 bits per heavy atom. The van der Waals surface area contributed by atoms with Gasteiger partial charge >= 0.3 is 11.9 Å². The molecule has 17 nitrogen and oxygen atoms in total. The van der Waals surface area contributed by atoms with Crippen LogP contribution in [0.25, 0.3) is 0 Å². The van der Waals surface area contributed by atoms with Crippen LogP contribution in [0.3, 0.4) is 0 Å². The molecular formula is C61H58Cl2F2N4O13. The number of likely N-dealkylation sites (N-methyl/N-ethyl adjacent to an activating group) is 2. The van der Waals surface area contributed by atoms with Crippen molar-refractivity contribution in [2.75, 3.05) is 54.6 Å². The van der Waals surface area contributed by atoms with Crippen molar-refractivity contribution < 1.29 is 61.6 Å². The number of fused-ring (bicyclic) bond motifs is 4. The van der Waals surface area contributed by atoms with Crippen molar-refractivity contribution in [1.82, 2.24) is 18.9 Å². The van der Waals surface area contributed by atoms with E-state index >= 15 is 0 Å². The summed E-state index contributed by atoms with van der Waals surface area (Å²) in [5, 5.41) is 10.5. The van der Waals surface area contributed by atoms with Crippen molar-refractivity contribution in [3.8, 4) is 11.5 Å². The molecule has 4 heterocycles. The third kappa shape index (κ3) is 11.6. The van der Waals surface area contributed by atoms with Crippen molar-refractivity contribution in [2.45, 2.75) is 69.1 Å². The summed E-state index contributed by atoms with van der Waals surface area (Å²) in [6.07, 6.45) is 4.91. The lowest BCUT2D eigenvalue weighted by Gasteiger charge is -2.54. The van der Waals surface area contributed by atoms with Gasteiger partial charge in [0.1, 0.15) is 18.2 Å². The molecule has 0 bridgehead atoms. The summed E-state index contributed by atoms with van der Waals surface area (Å²) in [6.45, 7) is 1.77. The molecule has 2 aromatic heterocycles. The largest absolute Gasteiger partial charge is 0.503 e. The molecule has 2 saturated carbocycles. The lowest BCUT2D eigenvalue weighted by molar-refractivity contribution is -0.0190. The van der Waals surface area contributed by atoms with Gasteiger partial charge in [0.05, 0.1) is 43.4 Å². The van der Waals surface area contributed by atoms with Gasteiger partial charge in [-0.2, -0.15) is 0 Å². The van der Waals surface area contributed by atoms with Gasteiger partial charge < -0.3 is 43.0 Å². The van der Waals surface area contributed by atoms with Gasteiger partial charge in [-0.1, -0.05) is 83.9 Å². The molecule has 10 rings (SSSR count). The van der Waals surface area contributed by atoms with Gasteiger partial charge in [-0.05, 0) is 97.4 Å². The molecule has 2 aliphatic heterocycles. The average Bonchev–Trinajstić information content (AvgIpc) is 2.60. The molecule has 428 valence electrons. The number of nitrogens with zero attached hydrogens (tertiary/aromatic N) is 4. The summed E-state index contributed by atoms with van der Waals surface area (Å²) in [6, 6.07) is 23.7. The number of aromatic nitrogens is 2. The molecule has 2 aliphatic carbocycles. The van der Waals surface area contributed by atoms with Crippen LogP contribution in [0.4, 0.5) is 8.78 Å². The van der Waals surface area contributed by atoms with Crippen molar-refractivity contribution >= 4 is 58.5 Å². The number of ketones is 2.